The quantitative estimate of drug-likeness (QED) is 0.827. The molecule has 2 N–H and O–H groups in total. The first-order valence-electron chi connectivity index (χ1n) is 6.96. The summed E-state index contributed by atoms with van der Waals surface area (Å²) in [4.78, 5) is 13.6. The second-order valence-electron chi connectivity index (χ2n) is 4.97. The fourth-order valence-corrected chi connectivity index (χ4v) is 2.38. The van der Waals surface area contributed by atoms with Crippen LogP contribution >= 0.6 is 0 Å². The summed E-state index contributed by atoms with van der Waals surface area (Å²) in [5.74, 6) is 0.760. The molecule has 1 fully saturated rings. The zero-order valence-electron chi connectivity index (χ0n) is 11.7. The Kier molecular flexibility index (Phi) is 4.98. The second kappa shape index (κ2) is 6.72. The normalized spacial score (nSPS) is 22.1. The minimum atomic E-state index is -0.824. The van der Waals surface area contributed by atoms with Crippen LogP contribution in [0.2, 0.25) is 0 Å². The van der Waals surface area contributed by atoms with E-state index in [-0.39, 0.29) is 19.0 Å². The Labute approximate surface area is 118 Å². The molecular weight excluding hydrogens is 258 g/mol. The van der Waals surface area contributed by atoms with Gasteiger partial charge in [0.1, 0.15) is 5.75 Å². The number of aliphatic hydroxyl groups excluding tert-OH is 2. The lowest BCUT2D eigenvalue weighted by Gasteiger charge is -2.16. The summed E-state index contributed by atoms with van der Waals surface area (Å²) in [6.07, 6.45) is -0.703. The Hall–Kier alpha value is -1.59. The van der Waals surface area contributed by atoms with E-state index in [1.54, 1.807) is 0 Å². The van der Waals surface area contributed by atoms with Crippen LogP contribution < -0.4 is 4.74 Å². The number of amides is 1. The number of aryl methyl sites for hydroxylation is 1. The first kappa shape index (κ1) is 14.8. The number of hydrogen-bond acceptors (Lipinski definition) is 4. The highest BCUT2D eigenvalue weighted by atomic mass is 16.5. The Morgan fingerprint density at radius 1 is 1.30 bits per heavy atom. The van der Waals surface area contributed by atoms with Crippen molar-refractivity contribution in [2.24, 2.45) is 0 Å². The van der Waals surface area contributed by atoms with E-state index in [1.165, 1.54) is 4.90 Å². The molecule has 1 aliphatic heterocycles. The maximum atomic E-state index is 12.0. The average molecular weight is 279 g/mol. The predicted octanol–water partition coefficient (Wildman–Crippen LogP) is 0.582. The molecule has 20 heavy (non-hydrogen) atoms. The molecule has 0 saturated carbocycles. The molecule has 0 spiro atoms. The van der Waals surface area contributed by atoms with E-state index in [2.05, 4.69) is 0 Å². The van der Waals surface area contributed by atoms with Gasteiger partial charge in [-0.1, -0.05) is 18.2 Å². The van der Waals surface area contributed by atoms with Gasteiger partial charge in [-0.3, -0.25) is 4.79 Å². The van der Waals surface area contributed by atoms with E-state index in [0.29, 0.717) is 19.4 Å². The fourth-order valence-electron chi connectivity index (χ4n) is 2.38. The molecule has 5 nitrogen and oxygen atoms in total. The molecular formula is C15H21NO4. The maximum Gasteiger partial charge on any atom is 0.223 e. The molecule has 1 heterocycles. The first-order valence-corrected chi connectivity index (χ1v) is 6.96. The highest BCUT2D eigenvalue weighted by molar-refractivity contribution is 5.77. The number of rotatable bonds is 5. The third kappa shape index (κ3) is 3.49. The number of para-hydroxylation sites is 1. The van der Waals surface area contributed by atoms with Gasteiger partial charge >= 0.3 is 0 Å². The lowest BCUT2D eigenvalue weighted by molar-refractivity contribution is -0.130. The summed E-state index contributed by atoms with van der Waals surface area (Å²) >= 11 is 0. The molecule has 1 saturated heterocycles. The van der Waals surface area contributed by atoms with Crippen LogP contribution in [-0.2, 0) is 11.2 Å². The Morgan fingerprint density at radius 3 is 2.60 bits per heavy atom. The molecule has 0 bridgehead atoms. The van der Waals surface area contributed by atoms with E-state index >= 15 is 0 Å². The van der Waals surface area contributed by atoms with Gasteiger partial charge in [-0.2, -0.15) is 0 Å². The molecule has 1 aromatic rings. The summed E-state index contributed by atoms with van der Waals surface area (Å²) < 4.78 is 5.52. The maximum absolute atomic E-state index is 12.0. The molecule has 110 valence electrons. The van der Waals surface area contributed by atoms with Crippen LogP contribution in [0.3, 0.4) is 0 Å². The minimum Gasteiger partial charge on any atom is -0.494 e. The van der Waals surface area contributed by atoms with E-state index in [9.17, 15) is 15.0 Å². The standard InChI is InChI=1S/C15H21NO4/c1-2-20-14-6-4-3-5-11(14)7-8-15(19)16-9-12(17)13(18)10-16/h3-6,12-13,17-18H,2,7-10H2,1H3. The monoisotopic (exact) mass is 279 g/mol. The van der Waals surface area contributed by atoms with Crippen molar-refractivity contribution in [3.63, 3.8) is 0 Å². The van der Waals surface area contributed by atoms with Crippen molar-refractivity contribution in [1.29, 1.82) is 0 Å². The van der Waals surface area contributed by atoms with Crippen LogP contribution in [0.5, 0.6) is 5.75 Å². The van der Waals surface area contributed by atoms with E-state index in [0.717, 1.165) is 11.3 Å². The zero-order valence-corrected chi connectivity index (χ0v) is 11.7. The van der Waals surface area contributed by atoms with Gasteiger partial charge in [0.2, 0.25) is 5.91 Å². The molecule has 2 unspecified atom stereocenters. The highest BCUT2D eigenvalue weighted by Gasteiger charge is 2.32. The van der Waals surface area contributed by atoms with Crippen LogP contribution in [0.1, 0.15) is 18.9 Å². The average Bonchev–Trinajstić information content (AvgIpc) is 2.78. The van der Waals surface area contributed by atoms with Gasteiger partial charge in [0, 0.05) is 19.5 Å². The fraction of sp³-hybridized carbons (Fsp3) is 0.533. The van der Waals surface area contributed by atoms with Gasteiger partial charge in [-0.05, 0) is 25.0 Å². The van der Waals surface area contributed by atoms with Crippen LogP contribution in [-0.4, -0.2) is 52.9 Å². The number of likely N-dealkylation sites (tertiary alicyclic amines) is 1. The summed E-state index contributed by atoms with van der Waals surface area (Å²) in [6.45, 7) is 2.95. The molecule has 0 radical (unpaired) electrons. The molecule has 5 heteroatoms. The lowest BCUT2D eigenvalue weighted by Crippen LogP contribution is -2.30. The number of carbonyl (C=O) groups is 1. The van der Waals surface area contributed by atoms with Gasteiger partial charge < -0.3 is 19.8 Å². The zero-order chi connectivity index (χ0) is 14.5. The summed E-state index contributed by atoms with van der Waals surface area (Å²) in [7, 11) is 0. The van der Waals surface area contributed by atoms with Gasteiger partial charge in [0.25, 0.3) is 0 Å². The Morgan fingerprint density at radius 2 is 1.95 bits per heavy atom. The van der Waals surface area contributed by atoms with Gasteiger partial charge in [0.05, 0.1) is 18.8 Å². The summed E-state index contributed by atoms with van der Waals surface area (Å²) in [5, 5.41) is 18.9. The van der Waals surface area contributed by atoms with Crippen molar-refractivity contribution in [3.05, 3.63) is 29.8 Å². The molecule has 0 aromatic heterocycles. The van der Waals surface area contributed by atoms with Crippen molar-refractivity contribution in [3.8, 4) is 5.75 Å². The van der Waals surface area contributed by atoms with E-state index in [4.69, 9.17) is 4.74 Å². The predicted molar refractivity (Wildman–Crippen MR) is 74.5 cm³/mol. The number of benzene rings is 1. The second-order valence-corrected chi connectivity index (χ2v) is 4.97. The Bertz CT molecular complexity index is 453. The van der Waals surface area contributed by atoms with Crippen molar-refractivity contribution in [1.82, 2.24) is 4.90 Å². The minimum absolute atomic E-state index is 0.0492. The van der Waals surface area contributed by atoms with Crippen LogP contribution in [0.25, 0.3) is 0 Å². The van der Waals surface area contributed by atoms with Crippen molar-refractivity contribution in [2.75, 3.05) is 19.7 Å². The third-order valence-electron chi connectivity index (χ3n) is 3.49. The summed E-state index contributed by atoms with van der Waals surface area (Å²) in [5.41, 5.74) is 1.00. The van der Waals surface area contributed by atoms with Crippen molar-refractivity contribution in [2.45, 2.75) is 32.0 Å². The molecule has 1 aliphatic rings. The third-order valence-corrected chi connectivity index (χ3v) is 3.49. The smallest absolute Gasteiger partial charge is 0.223 e. The SMILES string of the molecule is CCOc1ccccc1CCC(=O)N1CC(O)C(O)C1. The molecule has 2 rings (SSSR count). The summed E-state index contributed by atoms with van der Waals surface area (Å²) in [6, 6.07) is 7.67. The molecule has 1 aromatic carbocycles. The number of carbonyl (C=O) groups excluding carboxylic acids is 1. The number of hydrogen-bond donors (Lipinski definition) is 2. The molecule has 0 aliphatic carbocycles. The number of nitrogens with zero attached hydrogens (tertiary/aromatic N) is 1. The number of β-amino-alcohol motifs (C(OH)–C–C–N with tert-alkyl or cyclic N) is 2. The number of ether oxygens (including phenoxy) is 1. The van der Waals surface area contributed by atoms with E-state index in [1.807, 2.05) is 31.2 Å². The lowest BCUT2D eigenvalue weighted by atomic mass is 10.1. The van der Waals surface area contributed by atoms with Gasteiger partial charge in [0.15, 0.2) is 0 Å². The molecule has 1 amide bonds. The first-order chi connectivity index (χ1) is 9.61. The van der Waals surface area contributed by atoms with Crippen molar-refractivity contribution >= 4 is 5.91 Å². The topological polar surface area (TPSA) is 70.0 Å². The Balaban J connectivity index is 1.90. The van der Waals surface area contributed by atoms with Gasteiger partial charge in [-0.15, -0.1) is 0 Å². The van der Waals surface area contributed by atoms with Gasteiger partial charge in [-0.25, -0.2) is 0 Å². The molecule has 2 atom stereocenters. The highest BCUT2D eigenvalue weighted by Crippen LogP contribution is 2.20. The number of aliphatic hydroxyl groups is 2. The van der Waals surface area contributed by atoms with Crippen LogP contribution in [0, 0.1) is 0 Å². The largest absolute Gasteiger partial charge is 0.494 e. The van der Waals surface area contributed by atoms with E-state index < -0.39 is 12.2 Å². The van der Waals surface area contributed by atoms with Crippen LogP contribution in [0.15, 0.2) is 24.3 Å². The van der Waals surface area contributed by atoms with Crippen molar-refractivity contribution < 1.29 is 19.7 Å². The van der Waals surface area contributed by atoms with Crippen LogP contribution in [0.4, 0.5) is 0 Å².